The molecular weight excluding hydrogens is 315 g/mol. The second kappa shape index (κ2) is 6.03. The van der Waals surface area contributed by atoms with Crippen LogP contribution in [-0.2, 0) is 13.6 Å². The van der Waals surface area contributed by atoms with Gasteiger partial charge in [0.2, 0.25) is 0 Å². The Morgan fingerprint density at radius 3 is 3.00 bits per heavy atom. The molecule has 4 nitrogen and oxygen atoms in total. The summed E-state index contributed by atoms with van der Waals surface area (Å²) in [6.07, 6.45) is 3.83. The van der Waals surface area contributed by atoms with Gasteiger partial charge in [0, 0.05) is 45.6 Å². The molecule has 1 N–H and O–H groups in total. The standard InChI is InChI=1S/C13H16Cl2N4S/c1-18-4-3-17-13(18)10-6-16-2-5-19(10)7-9-8-20-12(15)11(9)14/h3-4,8,10,16H,2,5-7H2,1H3. The molecule has 1 aliphatic heterocycles. The van der Waals surface area contributed by atoms with Gasteiger partial charge in [0.05, 0.1) is 11.1 Å². The SMILES string of the molecule is Cn1ccnc1C1CNCCN1Cc1csc(Cl)c1Cl. The van der Waals surface area contributed by atoms with Crippen LogP contribution in [0.5, 0.6) is 0 Å². The molecule has 108 valence electrons. The van der Waals surface area contributed by atoms with Gasteiger partial charge in [-0.2, -0.15) is 0 Å². The van der Waals surface area contributed by atoms with E-state index in [1.165, 1.54) is 11.3 Å². The molecule has 0 bridgehead atoms. The number of aryl methyl sites for hydroxylation is 1. The second-order valence-corrected chi connectivity index (χ2v) is 6.80. The predicted molar refractivity (Wildman–Crippen MR) is 83.6 cm³/mol. The largest absolute Gasteiger partial charge is 0.337 e. The van der Waals surface area contributed by atoms with Crippen molar-refractivity contribution < 1.29 is 0 Å². The number of nitrogens with one attached hydrogen (secondary N) is 1. The molecule has 1 fully saturated rings. The van der Waals surface area contributed by atoms with Crippen LogP contribution >= 0.6 is 34.5 Å². The van der Waals surface area contributed by atoms with Crippen LogP contribution in [-0.4, -0.2) is 34.1 Å². The topological polar surface area (TPSA) is 33.1 Å². The average Bonchev–Trinajstić information content (AvgIpc) is 3.00. The van der Waals surface area contributed by atoms with E-state index in [-0.39, 0.29) is 6.04 Å². The van der Waals surface area contributed by atoms with Crippen LogP contribution in [0.25, 0.3) is 0 Å². The Hall–Kier alpha value is -0.590. The van der Waals surface area contributed by atoms with Crippen molar-refractivity contribution in [2.45, 2.75) is 12.6 Å². The normalized spacial score (nSPS) is 20.4. The fourth-order valence-corrected chi connectivity index (χ4v) is 3.81. The molecule has 1 saturated heterocycles. The Labute approximate surface area is 132 Å². The molecule has 7 heteroatoms. The summed E-state index contributed by atoms with van der Waals surface area (Å²) in [5.74, 6) is 1.08. The lowest BCUT2D eigenvalue weighted by Crippen LogP contribution is -2.46. The van der Waals surface area contributed by atoms with E-state index < -0.39 is 0 Å². The van der Waals surface area contributed by atoms with Gasteiger partial charge in [0.1, 0.15) is 10.2 Å². The van der Waals surface area contributed by atoms with Crippen molar-refractivity contribution >= 4 is 34.5 Å². The summed E-state index contributed by atoms with van der Waals surface area (Å²) in [6, 6.07) is 0.262. The molecule has 0 aromatic carbocycles. The molecule has 0 amide bonds. The lowest BCUT2D eigenvalue weighted by Gasteiger charge is -2.35. The van der Waals surface area contributed by atoms with Crippen LogP contribution in [0.15, 0.2) is 17.8 Å². The third kappa shape index (κ3) is 2.73. The molecule has 0 spiro atoms. The van der Waals surface area contributed by atoms with E-state index in [0.29, 0.717) is 9.36 Å². The monoisotopic (exact) mass is 330 g/mol. The number of halogens is 2. The summed E-state index contributed by atoms with van der Waals surface area (Å²) in [7, 11) is 2.03. The zero-order valence-electron chi connectivity index (χ0n) is 11.1. The molecule has 1 atom stereocenters. The number of thiophene rings is 1. The Morgan fingerprint density at radius 1 is 1.50 bits per heavy atom. The zero-order chi connectivity index (χ0) is 14.1. The van der Waals surface area contributed by atoms with Gasteiger partial charge in [-0.3, -0.25) is 4.90 Å². The summed E-state index contributed by atoms with van der Waals surface area (Å²) < 4.78 is 2.75. The summed E-state index contributed by atoms with van der Waals surface area (Å²) in [5.41, 5.74) is 1.10. The summed E-state index contributed by atoms with van der Waals surface area (Å²) in [4.78, 5) is 6.89. The summed E-state index contributed by atoms with van der Waals surface area (Å²) in [5, 5.41) is 6.17. The van der Waals surface area contributed by atoms with Gasteiger partial charge in [-0.15, -0.1) is 11.3 Å². The maximum atomic E-state index is 6.25. The van der Waals surface area contributed by atoms with Crippen LogP contribution in [0.4, 0.5) is 0 Å². The van der Waals surface area contributed by atoms with E-state index in [9.17, 15) is 0 Å². The average molecular weight is 331 g/mol. The first kappa shape index (κ1) is 14.4. The van der Waals surface area contributed by atoms with Gasteiger partial charge in [-0.25, -0.2) is 4.98 Å². The van der Waals surface area contributed by atoms with E-state index in [1.54, 1.807) is 0 Å². The van der Waals surface area contributed by atoms with E-state index in [4.69, 9.17) is 23.2 Å². The van der Waals surface area contributed by atoms with Gasteiger partial charge in [0.15, 0.2) is 0 Å². The molecule has 2 aromatic rings. The van der Waals surface area contributed by atoms with Crippen LogP contribution < -0.4 is 5.32 Å². The van der Waals surface area contributed by atoms with E-state index in [2.05, 4.69) is 19.8 Å². The lowest BCUT2D eigenvalue weighted by atomic mass is 10.1. The number of aromatic nitrogens is 2. The Morgan fingerprint density at radius 2 is 2.35 bits per heavy atom. The molecule has 0 aliphatic carbocycles. The van der Waals surface area contributed by atoms with Gasteiger partial charge >= 0.3 is 0 Å². The van der Waals surface area contributed by atoms with Crippen molar-refractivity contribution in [3.05, 3.63) is 38.5 Å². The maximum Gasteiger partial charge on any atom is 0.127 e. The van der Waals surface area contributed by atoms with Crippen LogP contribution in [0.3, 0.4) is 0 Å². The highest BCUT2D eigenvalue weighted by molar-refractivity contribution is 7.15. The van der Waals surface area contributed by atoms with Crippen molar-refractivity contribution in [1.29, 1.82) is 0 Å². The molecule has 2 aromatic heterocycles. The number of imidazole rings is 1. The zero-order valence-corrected chi connectivity index (χ0v) is 13.5. The van der Waals surface area contributed by atoms with E-state index in [0.717, 1.165) is 37.6 Å². The third-order valence-corrected chi connectivity index (χ3v) is 5.55. The Balaban J connectivity index is 1.83. The minimum absolute atomic E-state index is 0.262. The van der Waals surface area contributed by atoms with Crippen molar-refractivity contribution in [1.82, 2.24) is 19.8 Å². The first-order chi connectivity index (χ1) is 9.66. The number of hydrogen-bond donors (Lipinski definition) is 1. The Bertz CT molecular complexity index is 595. The number of nitrogens with zero attached hydrogens (tertiary/aromatic N) is 3. The number of piperazine rings is 1. The molecule has 20 heavy (non-hydrogen) atoms. The van der Waals surface area contributed by atoms with E-state index in [1.807, 2.05) is 24.8 Å². The van der Waals surface area contributed by atoms with Gasteiger partial charge in [-0.05, 0) is 10.9 Å². The fourth-order valence-electron chi connectivity index (χ4n) is 2.57. The van der Waals surface area contributed by atoms with Crippen LogP contribution in [0, 0.1) is 0 Å². The minimum atomic E-state index is 0.262. The number of rotatable bonds is 3. The smallest absolute Gasteiger partial charge is 0.127 e. The van der Waals surface area contributed by atoms with Crippen molar-refractivity contribution in [2.24, 2.45) is 7.05 Å². The van der Waals surface area contributed by atoms with Gasteiger partial charge in [0.25, 0.3) is 0 Å². The predicted octanol–water partition coefficient (Wildman–Crippen LogP) is 2.93. The molecule has 1 unspecified atom stereocenters. The molecule has 0 radical (unpaired) electrons. The van der Waals surface area contributed by atoms with E-state index >= 15 is 0 Å². The van der Waals surface area contributed by atoms with Gasteiger partial charge < -0.3 is 9.88 Å². The molecule has 3 heterocycles. The minimum Gasteiger partial charge on any atom is -0.337 e. The first-order valence-electron chi connectivity index (χ1n) is 6.50. The van der Waals surface area contributed by atoms with Gasteiger partial charge in [-0.1, -0.05) is 23.2 Å². The fraction of sp³-hybridized carbons (Fsp3) is 0.462. The quantitative estimate of drug-likeness (QED) is 0.939. The van der Waals surface area contributed by atoms with Crippen molar-refractivity contribution in [3.8, 4) is 0 Å². The lowest BCUT2D eigenvalue weighted by molar-refractivity contribution is 0.145. The van der Waals surface area contributed by atoms with Crippen molar-refractivity contribution in [3.63, 3.8) is 0 Å². The number of hydrogen-bond acceptors (Lipinski definition) is 4. The maximum absolute atomic E-state index is 6.25. The van der Waals surface area contributed by atoms with Crippen LogP contribution in [0.1, 0.15) is 17.4 Å². The van der Waals surface area contributed by atoms with Crippen molar-refractivity contribution in [2.75, 3.05) is 19.6 Å². The second-order valence-electron chi connectivity index (χ2n) is 4.94. The third-order valence-electron chi connectivity index (χ3n) is 3.64. The highest BCUT2D eigenvalue weighted by Crippen LogP contribution is 2.34. The molecule has 0 saturated carbocycles. The molecule has 1 aliphatic rings. The Kier molecular flexibility index (Phi) is 4.33. The highest BCUT2D eigenvalue weighted by Gasteiger charge is 2.27. The molecular formula is C13H16Cl2N4S. The van der Waals surface area contributed by atoms with Crippen LogP contribution in [0.2, 0.25) is 9.36 Å². The molecule has 3 rings (SSSR count). The summed E-state index contributed by atoms with van der Waals surface area (Å²) in [6.45, 7) is 3.67. The first-order valence-corrected chi connectivity index (χ1v) is 8.13. The summed E-state index contributed by atoms with van der Waals surface area (Å²) >= 11 is 13.8. The highest BCUT2D eigenvalue weighted by atomic mass is 35.5.